The van der Waals surface area contributed by atoms with E-state index in [1.807, 2.05) is 23.7 Å². The molecule has 0 spiro atoms. The summed E-state index contributed by atoms with van der Waals surface area (Å²) in [6.45, 7) is 7.58. The third-order valence-electron chi connectivity index (χ3n) is 5.62. The van der Waals surface area contributed by atoms with Crippen molar-refractivity contribution < 1.29 is 9.47 Å². The van der Waals surface area contributed by atoms with Crippen LogP contribution in [0.2, 0.25) is 0 Å². The van der Waals surface area contributed by atoms with Gasteiger partial charge in [-0.25, -0.2) is 4.68 Å². The van der Waals surface area contributed by atoms with Crippen molar-refractivity contribution in [2.24, 2.45) is 0 Å². The maximum absolute atomic E-state index is 5.63. The molecular formula is C23H31ClN6O2. The van der Waals surface area contributed by atoms with E-state index in [1.54, 1.807) is 7.11 Å². The highest BCUT2D eigenvalue weighted by atomic mass is 35.5. The number of halogens is 1. The average Bonchev–Trinajstić information content (AvgIpc) is 3.28. The second-order valence-electron chi connectivity index (χ2n) is 7.52. The minimum Gasteiger partial charge on any atom is -0.494 e. The van der Waals surface area contributed by atoms with Crippen molar-refractivity contribution in [2.75, 3.05) is 51.4 Å². The lowest BCUT2D eigenvalue weighted by atomic mass is 10.0. The number of aromatic nitrogens is 4. The number of hydrogen-bond acceptors (Lipinski definition) is 7. The van der Waals surface area contributed by atoms with Crippen LogP contribution in [0.25, 0.3) is 0 Å². The van der Waals surface area contributed by atoms with Crippen molar-refractivity contribution in [3.8, 4) is 5.75 Å². The fourth-order valence-electron chi connectivity index (χ4n) is 4.06. The maximum atomic E-state index is 5.63. The number of methoxy groups -OCH3 is 1. The number of nitrogens with zero attached hydrogens (tertiary/aromatic N) is 6. The molecule has 1 atom stereocenters. The van der Waals surface area contributed by atoms with Gasteiger partial charge in [-0.15, -0.1) is 17.5 Å². The molecule has 1 aliphatic heterocycles. The molecule has 9 heteroatoms. The largest absolute Gasteiger partial charge is 0.494 e. The summed E-state index contributed by atoms with van der Waals surface area (Å²) >= 11 is 0. The SMILES string of the molecule is CCOc1ccc(C(c2nnnn2CCOC)N2CCN(c3ccccc3)CC2)cc1.Cl. The molecule has 0 aliphatic carbocycles. The van der Waals surface area contributed by atoms with Gasteiger partial charge in [-0.2, -0.15) is 0 Å². The molecule has 2 heterocycles. The van der Waals surface area contributed by atoms with Crippen molar-refractivity contribution in [2.45, 2.75) is 19.5 Å². The first-order chi connectivity index (χ1) is 15.3. The highest BCUT2D eigenvalue weighted by molar-refractivity contribution is 5.85. The zero-order chi connectivity index (χ0) is 21.5. The molecule has 32 heavy (non-hydrogen) atoms. The van der Waals surface area contributed by atoms with Crippen molar-refractivity contribution in [3.63, 3.8) is 0 Å². The highest BCUT2D eigenvalue weighted by Crippen LogP contribution is 2.30. The lowest BCUT2D eigenvalue weighted by molar-refractivity contribution is 0.171. The molecule has 172 valence electrons. The van der Waals surface area contributed by atoms with Crippen LogP contribution in [0.15, 0.2) is 54.6 Å². The Morgan fingerprint density at radius 1 is 0.969 bits per heavy atom. The van der Waals surface area contributed by atoms with Gasteiger partial charge in [0.2, 0.25) is 0 Å². The molecule has 0 saturated carbocycles. The van der Waals surface area contributed by atoms with Gasteiger partial charge in [0.15, 0.2) is 5.82 Å². The monoisotopic (exact) mass is 458 g/mol. The quantitative estimate of drug-likeness (QED) is 0.488. The van der Waals surface area contributed by atoms with Gasteiger partial charge in [0.1, 0.15) is 5.75 Å². The molecule has 8 nitrogen and oxygen atoms in total. The Balaban J connectivity index is 0.00000289. The van der Waals surface area contributed by atoms with Crippen molar-refractivity contribution >= 4 is 18.1 Å². The summed E-state index contributed by atoms with van der Waals surface area (Å²) in [5.74, 6) is 1.72. The summed E-state index contributed by atoms with van der Waals surface area (Å²) < 4.78 is 12.7. The van der Waals surface area contributed by atoms with Crippen molar-refractivity contribution in [1.82, 2.24) is 25.1 Å². The van der Waals surface area contributed by atoms with E-state index in [1.165, 1.54) is 5.69 Å². The Labute approximate surface area is 195 Å². The molecule has 0 N–H and O–H groups in total. The third-order valence-corrected chi connectivity index (χ3v) is 5.62. The molecule has 0 radical (unpaired) electrons. The van der Waals surface area contributed by atoms with Gasteiger partial charge in [-0.05, 0) is 47.2 Å². The van der Waals surface area contributed by atoms with E-state index in [9.17, 15) is 0 Å². The van der Waals surface area contributed by atoms with E-state index < -0.39 is 0 Å². The molecule has 0 bridgehead atoms. The van der Waals surface area contributed by atoms with Gasteiger partial charge in [0.05, 0.1) is 25.8 Å². The van der Waals surface area contributed by atoms with Gasteiger partial charge in [-0.3, -0.25) is 4.90 Å². The summed E-state index contributed by atoms with van der Waals surface area (Å²) in [6, 6.07) is 18.8. The van der Waals surface area contributed by atoms with Crippen LogP contribution >= 0.6 is 12.4 Å². The van der Waals surface area contributed by atoms with E-state index in [0.29, 0.717) is 19.8 Å². The minimum absolute atomic E-state index is 0. The smallest absolute Gasteiger partial charge is 0.173 e. The van der Waals surface area contributed by atoms with Crippen LogP contribution in [0.5, 0.6) is 5.75 Å². The van der Waals surface area contributed by atoms with E-state index in [4.69, 9.17) is 9.47 Å². The molecule has 1 saturated heterocycles. The van der Waals surface area contributed by atoms with Crippen molar-refractivity contribution in [1.29, 1.82) is 0 Å². The Bertz CT molecular complexity index is 929. The van der Waals surface area contributed by atoms with Gasteiger partial charge in [0.25, 0.3) is 0 Å². The van der Waals surface area contributed by atoms with Gasteiger partial charge >= 0.3 is 0 Å². The molecule has 4 rings (SSSR count). The Hall–Kier alpha value is -2.68. The molecule has 1 unspecified atom stereocenters. The Morgan fingerprint density at radius 2 is 1.69 bits per heavy atom. The molecule has 0 amide bonds. The van der Waals surface area contributed by atoms with Crippen LogP contribution in [0.3, 0.4) is 0 Å². The second kappa shape index (κ2) is 11.8. The standard InChI is InChI=1S/C23H30N6O2.ClH/c1-3-31-21-11-9-19(10-12-21)22(23-24-25-26-29(23)17-18-30-2)28-15-13-27(14-16-28)20-7-5-4-6-8-20;/h4-12,22H,3,13-18H2,1-2H3;1H. The first-order valence-corrected chi connectivity index (χ1v) is 10.8. The first-order valence-electron chi connectivity index (χ1n) is 10.8. The first kappa shape index (κ1) is 24.0. The molecule has 1 aromatic heterocycles. The third kappa shape index (κ3) is 5.56. The second-order valence-corrected chi connectivity index (χ2v) is 7.52. The molecule has 1 aliphatic rings. The molecular weight excluding hydrogens is 428 g/mol. The number of benzene rings is 2. The normalized spacial score (nSPS) is 15.2. The topological polar surface area (TPSA) is 68.5 Å². The number of ether oxygens (including phenoxy) is 2. The molecule has 2 aromatic carbocycles. The number of tetrazole rings is 1. The minimum atomic E-state index is -0.0274. The predicted octanol–water partition coefficient (Wildman–Crippen LogP) is 3.05. The summed E-state index contributed by atoms with van der Waals surface area (Å²) in [7, 11) is 1.69. The van der Waals surface area contributed by atoms with Gasteiger partial charge in [0, 0.05) is 39.0 Å². The van der Waals surface area contributed by atoms with Gasteiger partial charge in [-0.1, -0.05) is 30.3 Å². The predicted molar refractivity (Wildman–Crippen MR) is 127 cm³/mol. The number of rotatable bonds is 9. The van der Waals surface area contributed by atoms with E-state index in [-0.39, 0.29) is 18.4 Å². The van der Waals surface area contributed by atoms with E-state index >= 15 is 0 Å². The Morgan fingerprint density at radius 3 is 2.34 bits per heavy atom. The van der Waals surface area contributed by atoms with Gasteiger partial charge < -0.3 is 14.4 Å². The van der Waals surface area contributed by atoms with E-state index in [2.05, 4.69) is 67.8 Å². The fourth-order valence-corrected chi connectivity index (χ4v) is 4.06. The van der Waals surface area contributed by atoms with Crippen LogP contribution in [-0.4, -0.2) is 71.6 Å². The molecule has 1 fully saturated rings. The molecule has 3 aromatic rings. The van der Waals surface area contributed by atoms with Crippen LogP contribution in [-0.2, 0) is 11.3 Å². The fraction of sp³-hybridized carbons (Fsp3) is 0.435. The van der Waals surface area contributed by atoms with E-state index in [0.717, 1.165) is 43.3 Å². The number of anilines is 1. The lowest BCUT2D eigenvalue weighted by Crippen LogP contribution is -2.48. The summed E-state index contributed by atoms with van der Waals surface area (Å²) in [6.07, 6.45) is 0. The number of piperazine rings is 1. The van der Waals surface area contributed by atoms with Crippen molar-refractivity contribution in [3.05, 3.63) is 66.0 Å². The summed E-state index contributed by atoms with van der Waals surface area (Å²) in [4.78, 5) is 4.89. The summed E-state index contributed by atoms with van der Waals surface area (Å²) in [5.41, 5.74) is 2.43. The average molecular weight is 459 g/mol. The van der Waals surface area contributed by atoms with Crippen LogP contribution < -0.4 is 9.64 Å². The zero-order valence-corrected chi connectivity index (χ0v) is 19.4. The number of hydrogen-bond donors (Lipinski definition) is 0. The summed E-state index contributed by atoms with van der Waals surface area (Å²) in [5, 5.41) is 12.6. The van der Waals surface area contributed by atoms with Crippen LogP contribution in [0.4, 0.5) is 5.69 Å². The maximum Gasteiger partial charge on any atom is 0.173 e. The highest BCUT2D eigenvalue weighted by Gasteiger charge is 2.30. The lowest BCUT2D eigenvalue weighted by Gasteiger charge is -2.40. The van der Waals surface area contributed by atoms with Crippen LogP contribution in [0.1, 0.15) is 24.4 Å². The Kier molecular flexibility index (Phi) is 8.84. The number of para-hydroxylation sites is 1. The zero-order valence-electron chi connectivity index (χ0n) is 18.6. The van der Waals surface area contributed by atoms with Crippen LogP contribution in [0, 0.1) is 0 Å².